The van der Waals surface area contributed by atoms with Crippen molar-refractivity contribution in [3.05, 3.63) is 35.4 Å². The number of nitrogens with one attached hydrogen (secondary N) is 1. The Morgan fingerprint density at radius 1 is 1.10 bits per heavy atom. The van der Waals surface area contributed by atoms with Gasteiger partial charge in [-0.1, -0.05) is 38.1 Å². The third-order valence-electron chi connectivity index (χ3n) is 3.38. The first-order chi connectivity index (χ1) is 9.71. The summed E-state index contributed by atoms with van der Waals surface area (Å²) in [6, 6.07) is 9.07. The molecular formula is C17H29NO2. The first-order valence-corrected chi connectivity index (χ1v) is 7.64. The summed E-state index contributed by atoms with van der Waals surface area (Å²) in [6.07, 6.45) is 2.33. The Kier molecular flexibility index (Phi) is 8.51. The molecule has 1 aromatic carbocycles. The van der Waals surface area contributed by atoms with Crippen LogP contribution in [0, 0.1) is 0 Å². The largest absolute Gasteiger partial charge is 0.382 e. The Labute approximate surface area is 123 Å². The highest BCUT2D eigenvalue weighted by atomic mass is 16.5. The van der Waals surface area contributed by atoms with Crippen molar-refractivity contribution in [2.24, 2.45) is 0 Å². The summed E-state index contributed by atoms with van der Waals surface area (Å²) in [5, 5.41) is 3.55. The van der Waals surface area contributed by atoms with E-state index < -0.39 is 0 Å². The second-order valence-corrected chi connectivity index (χ2v) is 5.20. The van der Waals surface area contributed by atoms with Gasteiger partial charge in [-0.3, -0.25) is 0 Å². The van der Waals surface area contributed by atoms with Gasteiger partial charge in [0, 0.05) is 7.11 Å². The van der Waals surface area contributed by atoms with Crippen molar-refractivity contribution in [1.82, 2.24) is 5.32 Å². The maximum atomic E-state index is 5.87. The molecule has 2 unspecified atom stereocenters. The van der Waals surface area contributed by atoms with Gasteiger partial charge in [-0.2, -0.15) is 0 Å². The molecule has 20 heavy (non-hydrogen) atoms. The summed E-state index contributed by atoms with van der Waals surface area (Å²) in [6.45, 7) is 8.71. The number of methoxy groups -OCH3 is 1. The molecular weight excluding hydrogens is 250 g/mol. The quantitative estimate of drug-likeness (QED) is 0.712. The Bertz CT molecular complexity index is 351. The number of hydrogen-bond acceptors (Lipinski definition) is 3. The molecule has 1 N–H and O–H groups in total. The van der Waals surface area contributed by atoms with Gasteiger partial charge in [-0.05, 0) is 37.4 Å². The lowest BCUT2D eigenvalue weighted by Gasteiger charge is -2.22. The molecule has 0 saturated carbocycles. The normalized spacial score (nSPS) is 14.2. The molecule has 0 heterocycles. The minimum atomic E-state index is 0.126. The van der Waals surface area contributed by atoms with Crippen LogP contribution < -0.4 is 5.32 Å². The maximum Gasteiger partial charge on any atom is 0.0781 e. The zero-order valence-corrected chi connectivity index (χ0v) is 13.3. The predicted molar refractivity (Wildman–Crippen MR) is 84.1 cm³/mol. The molecule has 0 bridgehead atoms. The van der Waals surface area contributed by atoms with Crippen molar-refractivity contribution in [3.8, 4) is 0 Å². The van der Waals surface area contributed by atoms with Crippen LogP contribution in [-0.4, -0.2) is 33.0 Å². The summed E-state index contributed by atoms with van der Waals surface area (Å²) >= 11 is 0. The van der Waals surface area contributed by atoms with Gasteiger partial charge in [-0.15, -0.1) is 0 Å². The number of aryl methyl sites for hydroxylation is 1. The molecule has 0 aliphatic carbocycles. The first-order valence-electron chi connectivity index (χ1n) is 7.64. The van der Waals surface area contributed by atoms with E-state index in [1.165, 1.54) is 11.1 Å². The molecule has 0 spiro atoms. The second-order valence-electron chi connectivity index (χ2n) is 5.20. The Morgan fingerprint density at radius 3 is 2.35 bits per heavy atom. The molecule has 0 saturated heterocycles. The third-order valence-corrected chi connectivity index (χ3v) is 3.38. The highest BCUT2D eigenvalue weighted by molar-refractivity contribution is 5.25. The van der Waals surface area contributed by atoms with E-state index in [1.807, 2.05) is 6.92 Å². The zero-order valence-electron chi connectivity index (χ0n) is 13.3. The molecule has 0 aliphatic heterocycles. The van der Waals surface area contributed by atoms with Gasteiger partial charge in [0.25, 0.3) is 0 Å². The average molecular weight is 279 g/mol. The standard InChI is InChI=1S/C17H29NO2/c1-5-11-18-17(13-20-14(3)12-19-4)16-9-7-15(6-2)8-10-16/h7-10,14,17-18H,5-6,11-13H2,1-4H3. The van der Waals surface area contributed by atoms with Gasteiger partial charge >= 0.3 is 0 Å². The van der Waals surface area contributed by atoms with Crippen molar-refractivity contribution in [1.29, 1.82) is 0 Å². The lowest BCUT2D eigenvalue weighted by Crippen LogP contribution is -2.29. The number of rotatable bonds is 10. The Balaban J connectivity index is 2.61. The lowest BCUT2D eigenvalue weighted by molar-refractivity contribution is -0.000527. The minimum absolute atomic E-state index is 0.126. The van der Waals surface area contributed by atoms with E-state index >= 15 is 0 Å². The highest BCUT2D eigenvalue weighted by Gasteiger charge is 2.12. The summed E-state index contributed by atoms with van der Waals surface area (Å²) in [5.74, 6) is 0. The van der Waals surface area contributed by atoms with Crippen LogP contribution in [0.1, 0.15) is 44.4 Å². The Hall–Kier alpha value is -0.900. The fourth-order valence-electron chi connectivity index (χ4n) is 2.12. The summed E-state index contributed by atoms with van der Waals surface area (Å²) < 4.78 is 11.0. The fourth-order valence-corrected chi connectivity index (χ4v) is 2.12. The van der Waals surface area contributed by atoms with Gasteiger partial charge in [0.05, 0.1) is 25.4 Å². The van der Waals surface area contributed by atoms with E-state index in [1.54, 1.807) is 7.11 Å². The van der Waals surface area contributed by atoms with E-state index in [9.17, 15) is 0 Å². The van der Waals surface area contributed by atoms with Crippen molar-refractivity contribution in [2.75, 3.05) is 26.9 Å². The van der Waals surface area contributed by atoms with Crippen LogP contribution >= 0.6 is 0 Å². The van der Waals surface area contributed by atoms with Crippen LogP contribution in [-0.2, 0) is 15.9 Å². The van der Waals surface area contributed by atoms with Crippen molar-refractivity contribution in [3.63, 3.8) is 0 Å². The average Bonchev–Trinajstić information content (AvgIpc) is 2.48. The maximum absolute atomic E-state index is 5.87. The van der Waals surface area contributed by atoms with Gasteiger partial charge in [0.1, 0.15) is 0 Å². The third kappa shape index (κ3) is 6.04. The van der Waals surface area contributed by atoms with Crippen LogP contribution in [0.15, 0.2) is 24.3 Å². The van der Waals surface area contributed by atoms with E-state index in [4.69, 9.17) is 9.47 Å². The van der Waals surface area contributed by atoms with Crippen molar-refractivity contribution >= 4 is 0 Å². The van der Waals surface area contributed by atoms with Gasteiger partial charge < -0.3 is 14.8 Å². The van der Waals surface area contributed by atoms with E-state index in [0.717, 1.165) is 19.4 Å². The molecule has 1 rings (SSSR count). The van der Waals surface area contributed by atoms with Crippen LogP contribution in [0.4, 0.5) is 0 Å². The molecule has 2 atom stereocenters. The molecule has 1 aromatic rings. The number of hydrogen-bond donors (Lipinski definition) is 1. The van der Waals surface area contributed by atoms with Crippen molar-refractivity contribution in [2.45, 2.75) is 45.8 Å². The molecule has 3 heteroatoms. The fraction of sp³-hybridized carbons (Fsp3) is 0.647. The molecule has 114 valence electrons. The van der Waals surface area contributed by atoms with E-state index in [0.29, 0.717) is 13.2 Å². The van der Waals surface area contributed by atoms with Crippen LogP contribution in [0.3, 0.4) is 0 Å². The van der Waals surface area contributed by atoms with Crippen LogP contribution in [0.25, 0.3) is 0 Å². The van der Waals surface area contributed by atoms with E-state index in [2.05, 4.69) is 43.4 Å². The van der Waals surface area contributed by atoms with Crippen LogP contribution in [0.5, 0.6) is 0 Å². The van der Waals surface area contributed by atoms with Crippen LogP contribution in [0.2, 0.25) is 0 Å². The Morgan fingerprint density at radius 2 is 1.80 bits per heavy atom. The first kappa shape index (κ1) is 17.2. The van der Waals surface area contributed by atoms with E-state index in [-0.39, 0.29) is 12.1 Å². The SMILES string of the molecule is CCCNC(COC(C)COC)c1ccc(CC)cc1. The second kappa shape index (κ2) is 9.92. The topological polar surface area (TPSA) is 30.5 Å². The monoisotopic (exact) mass is 279 g/mol. The van der Waals surface area contributed by atoms with Gasteiger partial charge in [0.15, 0.2) is 0 Å². The molecule has 0 amide bonds. The molecule has 0 radical (unpaired) electrons. The molecule has 0 aliphatic rings. The zero-order chi connectivity index (χ0) is 14.8. The molecule has 0 aromatic heterocycles. The lowest BCUT2D eigenvalue weighted by atomic mass is 10.0. The highest BCUT2D eigenvalue weighted by Crippen LogP contribution is 2.16. The number of benzene rings is 1. The number of ether oxygens (including phenoxy) is 2. The predicted octanol–water partition coefficient (Wildman–Crippen LogP) is 3.34. The summed E-state index contributed by atoms with van der Waals surface area (Å²) in [5.41, 5.74) is 2.66. The summed E-state index contributed by atoms with van der Waals surface area (Å²) in [4.78, 5) is 0. The van der Waals surface area contributed by atoms with Gasteiger partial charge in [0.2, 0.25) is 0 Å². The smallest absolute Gasteiger partial charge is 0.0781 e. The summed E-state index contributed by atoms with van der Waals surface area (Å²) in [7, 11) is 1.70. The molecule has 3 nitrogen and oxygen atoms in total. The van der Waals surface area contributed by atoms with Gasteiger partial charge in [-0.25, -0.2) is 0 Å². The minimum Gasteiger partial charge on any atom is -0.382 e. The van der Waals surface area contributed by atoms with Crippen molar-refractivity contribution < 1.29 is 9.47 Å². The molecule has 0 fully saturated rings.